The highest BCUT2D eigenvalue weighted by molar-refractivity contribution is 7.99. The summed E-state index contributed by atoms with van der Waals surface area (Å²) < 4.78 is 18.5. The van der Waals surface area contributed by atoms with E-state index in [1.165, 1.54) is 12.1 Å². The third kappa shape index (κ3) is 4.60. The van der Waals surface area contributed by atoms with Gasteiger partial charge in [0.2, 0.25) is 0 Å². The molecule has 0 heterocycles. The van der Waals surface area contributed by atoms with E-state index in [2.05, 4.69) is 6.07 Å². The van der Waals surface area contributed by atoms with Gasteiger partial charge in [-0.1, -0.05) is 12.1 Å². The van der Waals surface area contributed by atoms with Gasteiger partial charge in [-0.05, 0) is 42.8 Å². The van der Waals surface area contributed by atoms with Gasteiger partial charge in [0.25, 0.3) is 0 Å². The van der Waals surface area contributed by atoms with Gasteiger partial charge in [-0.25, -0.2) is 4.39 Å². The molecule has 4 heteroatoms. The Morgan fingerprint density at radius 2 is 2.00 bits per heavy atom. The lowest BCUT2D eigenvalue weighted by molar-refractivity contribution is 0.318. The fourth-order valence-corrected chi connectivity index (χ4v) is 2.52. The molecule has 2 aromatic rings. The maximum atomic E-state index is 13.0. The Kier molecular flexibility index (Phi) is 5.45. The van der Waals surface area contributed by atoms with Gasteiger partial charge in [-0.2, -0.15) is 5.26 Å². The maximum Gasteiger partial charge on any atom is 0.124 e. The first-order chi connectivity index (χ1) is 9.78. The SMILES string of the molecule is N#Cc1cccc(OCCCSc2cccc(F)c2)c1. The molecule has 0 saturated carbocycles. The van der Waals surface area contributed by atoms with Crippen LogP contribution in [0.2, 0.25) is 0 Å². The van der Waals surface area contributed by atoms with Crippen molar-refractivity contribution in [3.63, 3.8) is 0 Å². The second-order valence-corrected chi connectivity index (χ2v) is 5.32. The van der Waals surface area contributed by atoms with Crippen molar-refractivity contribution in [3.05, 3.63) is 59.9 Å². The molecule has 102 valence electrons. The van der Waals surface area contributed by atoms with Crippen molar-refractivity contribution in [2.45, 2.75) is 11.3 Å². The summed E-state index contributed by atoms with van der Waals surface area (Å²) in [7, 11) is 0. The molecule has 0 atom stereocenters. The van der Waals surface area contributed by atoms with Gasteiger partial charge in [0.15, 0.2) is 0 Å². The van der Waals surface area contributed by atoms with Crippen LogP contribution in [0.15, 0.2) is 53.4 Å². The van der Waals surface area contributed by atoms with Gasteiger partial charge in [0.05, 0.1) is 18.2 Å². The Bertz CT molecular complexity index is 609. The summed E-state index contributed by atoms with van der Waals surface area (Å²) in [6.45, 7) is 0.581. The number of nitrogens with zero attached hydrogens (tertiary/aromatic N) is 1. The van der Waals surface area contributed by atoms with Crippen LogP contribution < -0.4 is 4.74 Å². The predicted molar refractivity (Wildman–Crippen MR) is 78.4 cm³/mol. The molecular formula is C16H14FNOS. The van der Waals surface area contributed by atoms with Crippen LogP contribution in [-0.4, -0.2) is 12.4 Å². The molecule has 0 saturated heterocycles. The zero-order valence-electron chi connectivity index (χ0n) is 10.9. The maximum absolute atomic E-state index is 13.0. The van der Waals surface area contributed by atoms with E-state index >= 15 is 0 Å². The molecule has 0 spiro atoms. The van der Waals surface area contributed by atoms with Crippen LogP contribution >= 0.6 is 11.8 Å². The Morgan fingerprint density at radius 3 is 2.80 bits per heavy atom. The smallest absolute Gasteiger partial charge is 0.124 e. The van der Waals surface area contributed by atoms with Gasteiger partial charge in [0, 0.05) is 10.6 Å². The number of rotatable bonds is 6. The summed E-state index contributed by atoms with van der Waals surface area (Å²) in [5.74, 6) is 1.36. The Labute approximate surface area is 122 Å². The van der Waals surface area contributed by atoms with E-state index in [9.17, 15) is 4.39 Å². The lowest BCUT2D eigenvalue weighted by Crippen LogP contribution is -1.98. The Morgan fingerprint density at radius 1 is 1.15 bits per heavy atom. The summed E-state index contributed by atoms with van der Waals surface area (Å²) >= 11 is 1.61. The number of hydrogen-bond acceptors (Lipinski definition) is 3. The first kappa shape index (κ1) is 14.4. The van der Waals surface area contributed by atoms with Gasteiger partial charge in [-0.3, -0.25) is 0 Å². The number of halogens is 1. The number of benzene rings is 2. The molecule has 0 radical (unpaired) electrons. The topological polar surface area (TPSA) is 33.0 Å². The van der Waals surface area contributed by atoms with Crippen LogP contribution in [-0.2, 0) is 0 Å². The minimum absolute atomic E-state index is 0.209. The fraction of sp³-hybridized carbons (Fsp3) is 0.188. The zero-order valence-corrected chi connectivity index (χ0v) is 11.7. The van der Waals surface area contributed by atoms with E-state index in [0.717, 1.165) is 17.1 Å². The highest BCUT2D eigenvalue weighted by Crippen LogP contribution is 2.19. The summed E-state index contributed by atoms with van der Waals surface area (Å²) in [6.07, 6.45) is 0.859. The zero-order chi connectivity index (χ0) is 14.2. The van der Waals surface area contributed by atoms with E-state index in [0.29, 0.717) is 17.9 Å². The average molecular weight is 287 g/mol. The molecule has 0 aliphatic carbocycles. The number of nitriles is 1. The van der Waals surface area contributed by atoms with E-state index in [-0.39, 0.29) is 5.82 Å². The van der Waals surface area contributed by atoms with Crippen LogP contribution in [0.4, 0.5) is 4.39 Å². The van der Waals surface area contributed by atoms with Crippen molar-refractivity contribution in [2.75, 3.05) is 12.4 Å². The van der Waals surface area contributed by atoms with Crippen molar-refractivity contribution in [2.24, 2.45) is 0 Å². The Balaban J connectivity index is 1.70. The van der Waals surface area contributed by atoms with Gasteiger partial charge >= 0.3 is 0 Å². The summed E-state index contributed by atoms with van der Waals surface area (Å²) in [5.41, 5.74) is 0.594. The molecule has 0 unspecified atom stereocenters. The quantitative estimate of drug-likeness (QED) is 0.588. The molecule has 2 rings (SSSR count). The molecule has 0 amide bonds. The van der Waals surface area contributed by atoms with Crippen LogP contribution in [0, 0.1) is 17.1 Å². The second-order valence-electron chi connectivity index (χ2n) is 4.15. The summed E-state index contributed by atoms with van der Waals surface area (Å²) in [5, 5.41) is 8.78. The molecule has 0 aromatic heterocycles. The van der Waals surface area contributed by atoms with Crippen LogP contribution in [0.25, 0.3) is 0 Å². The van der Waals surface area contributed by atoms with Gasteiger partial charge in [0.1, 0.15) is 11.6 Å². The predicted octanol–water partition coefficient (Wildman–Crippen LogP) is 4.26. The van der Waals surface area contributed by atoms with Crippen LogP contribution in [0.3, 0.4) is 0 Å². The highest BCUT2D eigenvalue weighted by atomic mass is 32.2. The molecule has 0 bridgehead atoms. The van der Waals surface area contributed by atoms with Crippen molar-refractivity contribution in [3.8, 4) is 11.8 Å². The molecule has 20 heavy (non-hydrogen) atoms. The number of thioether (sulfide) groups is 1. The largest absolute Gasteiger partial charge is 0.494 e. The molecular weight excluding hydrogens is 273 g/mol. The van der Waals surface area contributed by atoms with Gasteiger partial charge in [-0.15, -0.1) is 11.8 Å². The monoisotopic (exact) mass is 287 g/mol. The molecule has 0 aliphatic heterocycles. The molecule has 0 fully saturated rings. The number of ether oxygens (including phenoxy) is 1. The Hall–Kier alpha value is -1.99. The molecule has 2 nitrogen and oxygen atoms in total. The minimum Gasteiger partial charge on any atom is -0.494 e. The second kappa shape index (κ2) is 7.56. The average Bonchev–Trinajstić information content (AvgIpc) is 2.47. The van der Waals surface area contributed by atoms with E-state index < -0.39 is 0 Å². The lowest BCUT2D eigenvalue weighted by atomic mass is 10.2. The van der Waals surface area contributed by atoms with Gasteiger partial charge < -0.3 is 4.74 Å². The van der Waals surface area contributed by atoms with Crippen molar-refractivity contribution in [1.29, 1.82) is 5.26 Å². The van der Waals surface area contributed by atoms with Crippen molar-refractivity contribution in [1.82, 2.24) is 0 Å². The van der Waals surface area contributed by atoms with Crippen LogP contribution in [0.1, 0.15) is 12.0 Å². The normalized spacial score (nSPS) is 10.0. The number of hydrogen-bond donors (Lipinski definition) is 0. The standard InChI is InChI=1S/C16H14FNOS/c17-14-5-2-7-16(11-14)20-9-3-8-19-15-6-1-4-13(10-15)12-18/h1-2,4-7,10-11H,3,8-9H2. The highest BCUT2D eigenvalue weighted by Gasteiger charge is 1.98. The fourth-order valence-electron chi connectivity index (χ4n) is 1.65. The summed E-state index contributed by atoms with van der Waals surface area (Å²) in [6, 6.07) is 15.7. The first-order valence-electron chi connectivity index (χ1n) is 6.29. The molecule has 0 N–H and O–H groups in total. The van der Waals surface area contributed by atoms with E-state index in [1.807, 2.05) is 12.1 Å². The first-order valence-corrected chi connectivity index (χ1v) is 7.28. The van der Waals surface area contributed by atoms with Crippen LogP contribution in [0.5, 0.6) is 5.75 Å². The van der Waals surface area contributed by atoms with E-state index in [4.69, 9.17) is 10.00 Å². The third-order valence-corrected chi connectivity index (χ3v) is 3.67. The minimum atomic E-state index is -0.209. The lowest BCUT2D eigenvalue weighted by Gasteiger charge is -2.06. The van der Waals surface area contributed by atoms with Crippen molar-refractivity contribution < 1.29 is 9.13 Å². The molecule has 2 aromatic carbocycles. The third-order valence-electron chi connectivity index (χ3n) is 2.59. The summed E-state index contributed by atoms with van der Waals surface area (Å²) in [4.78, 5) is 0.927. The molecule has 0 aliphatic rings. The van der Waals surface area contributed by atoms with E-state index in [1.54, 1.807) is 36.0 Å². The van der Waals surface area contributed by atoms with Crippen molar-refractivity contribution >= 4 is 11.8 Å².